The standard InChI is InChI=1S/C20H30ClN3O3.HI/c1-3-22-20(23-13-18(25-2)15-6-4-7-16(21)12-15)24-9-11-27-19(14-24)17-8-5-10-26-17;/h4,6-7,12,17-19H,3,5,8-11,13-14H2,1-2H3,(H,22,23);1H. The van der Waals surface area contributed by atoms with Crippen LogP contribution in [0, 0.1) is 0 Å². The van der Waals surface area contributed by atoms with E-state index in [1.165, 1.54) is 0 Å². The van der Waals surface area contributed by atoms with Gasteiger partial charge < -0.3 is 24.4 Å². The largest absolute Gasteiger partial charge is 0.375 e. The minimum atomic E-state index is -0.132. The number of hydrogen-bond donors (Lipinski definition) is 1. The maximum Gasteiger partial charge on any atom is 0.194 e. The minimum absolute atomic E-state index is 0. The van der Waals surface area contributed by atoms with E-state index >= 15 is 0 Å². The molecule has 0 aromatic heterocycles. The van der Waals surface area contributed by atoms with Crippen LogP contribution in [0.2, 0.25) is 5.02 Å². The average molecular weight is 524 g/mol. The Morgan fingerprint density at radius 3 is 2.86 bits per heavy atom. The molecule has 2 aliphatic heterocycles. The van der Waals surface area contributed by atoms with Crippen LogP contribution >= 0.6 is 35.6 Å². The van der Waals surface area contributed by atoms with Gasteiger partial charge in [-0.15, -0.1) is 24.0 Å². The third-order valence-electron chi connectivity index (χ3n) is 5.02. The molecule has 2 fully saturated rings. The van der Waals surface area contributed by atoms with E-state index in [1.54, 1.807) is 7.11 Å². The fraction of sp³-hybridized carbons (Fsp3) is 0.650. The normalized spacial score (nSPS) is 24.0. The SMILES string of the molecule is CCNC(=NCC(OC)c1cccc(Cl)c1)N1CCOC(C2CCCO2)C1.I. The molecule has 3 unspecified atom stereocenters. The summed E-state index contributed by atoms with van der Waals surface area (Å²) in [5.74, 6) is 0.896. The van der Waals surface area contributed by atoms with Crippen molar-refractivity contribution in [3.8, 4) is 0 Å². The molecule has 2 aliphatic rings. The molecule has 0 spiro atoms. The lowest BCUT2D eigenvalue weighted by Crippen LogP contribution is -2.53. The van der Waals surface area contributed by atoms with Gasteiger partial charge in [-0.25, -0.2) is 0 Å². The monoisotopic (exact) mass is 523 g/mol. The summed E-state index contributed by atoms with van der Waals surface area (Å²) in [6.07, 6.45) is 2.37. The van der Waals surface area contributed by atoms with Crippen molar-refractivity contribution >= 4 is 41.5 Å². The fourth-order valence-corrected chi connectivity index (χ4v) is 3.81. The van der Waals surface area contributed by atoms with Gasteiger partial charge in [0, 0.05) is 38.4 Å². The highest BCUT2D eigenvalue weighted by Crippen LogP contribution is 2.22. The summed E-state index contributed by atoms with van der Waals surface area (Å²) in [5, 5.41) is 4.11. The third-order valence-corrected chi connectivity index (χ3v) is 5.25. The highest BCUT2D eigenvalue weighted by molar-refractivity contribution is 14.0. The number of nitrogens with one attached hydrogen (secondary N) is 1. The van der Waals surface area contributed by atoms with Crippen LogP contribution in [0.1, 0.15) is 31.4 Å². The molecule has 0 bridgehead atoms. The predicted octanol–water partition coefficient (Wildman–Crippen LogP) is 3.49. The Morgan fingerprint density at radius 1 is 1.36 bits per heavy atom. The van der Waals surface area contributed by atoms with E-state index in [0.717, 1.165) is 50.6 Å². The number of halogens is 2. The van der Waals surface area contributed by atoms with E-state index in [2.05, 4.69) is 17.1 Å². The summed E-state index contributed by atoms with van der Waals surface area (Å²) in [6.45, 7) is 6.58. The lowest BCUT2D eigenvalue weighted by atomic mass is 10.1. The highest BCUT2D eigenvalue weighted by atomic mass is 127. The molecular formula is C20H31ClIN3O3. The number of methoxy groups -OCH3 is 1. The van der Waals surface area contributed by atoms with Crippen LogP contribution in [0.3, 0.4) is 0 Å². The van der Waals surface area contributed by atoms with Crippen molar-refractivity contribution in [2.24, 2.45) is 4.99 Å². The maximum absolute atomic E-state index is 6.12. The highest BCUT2D eigenvalue weighted by Gasteiger charge is 2.32. The van der Waals surface area contributed by atoms with Gasteiger partial charge in [-0.1, -0.05) is 23.7 Å². The first-order valence-corrected chi connectivity index (χ1v) is 10.1. The number of hydrogen-bond acceptors (Lipinski definition) is 4. The molecule has 158 valence electrons. The third kappa shape index (κ3) is 6.45. The van der Waals surface area contributed by atoms with Crippen LogP contribution in [0.5, 0.6) is 0 Å². The van der Waals surface area contributed by atoms with Gasteiger partial charge in [0.2, 0.25) is 0 Å². The Balaban J connectivity index is 0.00000280. The number of benzene rings is 1. The number of ether oxygens (including phenoxy) is 3. The molecule has 0 saturated carbocycles. The zero-order chi connectivity index (χ0) is 19.1. The van der Waals surface area contributed by atoms with E-state index in [9.17, 15) is 0 Å². The second-order valence-electron chi connectivity index (χ2n) is 6.88. The van der Waals surface area contributed by atoms with Crippen molar-refractivity contribution in [2.75, 3.05) is 46.5 Å². The number of rotatable bonds is 6. The number of aliphatic imine (C=N–C) groups is 1. The smallest absolute Gasteiger partial charge is 0.194 e. The van der Waals surface area contributed by atoms with E-state index in [-0.39, 0.29) is 42.3 Å². The molecule has 1 aromatic rings. The first-order chi connectivity index (χ1) is 13.2. The Labute approximate surface area is 190 Å². The summed E-state index contributed by atoms with van der Waals surface area (Å²) in [6, 6.07) is 7.75. The van der Waals surface area contributed by atoms with Crippen molar-refractivity contribution in [1.29, 1.82) is 0 Å². The number of nitrogens with zero attached hydrogens (tertiary/aromatic N) is 2. The molecule has 0 radical (unpaired) electrons. The first kappa shape index (κ1) is 23.7. The molecule has 2 saturated heterocycles. The molecule has 6 nitrogen and oxygen atoms in total. The van der Waals surface area contributed by atoms with E-state index in [0.29, 0.717) is 18.2 Å². The molecule has 3 rings (SSSR count). The van der Waals surface area contributed by atoms with Crippen LogP contribution in [0.15, 0.2) is 29.3 Å². The molecule has 1 N–H and O–H groups in total. The van der Waals surface area contributed by atoms with E-state index in [1.807, 2.05) is 24.3 Å². The van der Waals surface area contributed by atoms with E-state index < -0.39 is 0 Å². The van der Waals surface area contributed by atoms with Crippen LogP contribution < -0.4 is 5.32 Å². The molecule has 3 atom stereocenters. The predicted molar refractivity (Wildman–Crippen MR) is 123 cm³/mol. The minimum Gasteiger partial charge on any atom is -0.375 e. The summed E-state index contributed by atoms with van der Waals surface area (Å²) in [7, 11) is 1.70. The summed E-state index contributed by atoms with van der Waals surface area (Å²) in [4.78, 5) is 7.11. The molecule has 1 aromatic carbocycles. The van der Waals surface area contributed by atoms with Crippen molar-refractivity contribution in [1.82, 2.24) is 10.2 Å². The van der Waals surface area contributed by atoms with Gasteiger partial charge in [-0.05, 0) is 37.5 Å². The molecule has 8 heteroatoms. The zero-order valence-corrected chi connectivity index (χ0v) is 19.7. The average Bonchev–Trinajstić information content (AvgIpc) is 3.23. The Kier molecular flexibility index (Phi) is 10.3. The van der Waals surface area contributed by atoms with Crippen molar-refractivity contribution in [3.63, 3.8) is 0 Å². The van der Waals surface area contributed by atoms with Crippen LogP contribution in [0.25, 0.3) is 0 Å². The fourth-order valence-electron chi connectivity index (χ4n) is 3.61. The summed E-state index contributed by atoms with van der Waals surface area (Å²) >= 11 is 6.12. The van der Waals surface area contributed by atoms with Gasteiger partial charge in [0.25, 0.3) is 0 Å². The quantitative estimate of drug-likeness (QED) is 0.351. The van der Waals surface area contributed by atoms with Crippen LogP contribution in [-0.2, 0) is 14.2 Å². The summed E-state index contributed by atoms with van der Waals surface area (Å²) < 4.78 is 17.4. The molecule has 28 heavy (non-hydrogen) atoms. The van der Waals surface area contributed by atoms with E-state index in [4.69, 9.17) is 30.8 Å². The van der Waals surface area contributed by atoms with Gasteiger partial charge in [-0.3, -0.25) is 4.99 Å². The molecular weight excluding hydrogens is 493 g/mol. The lowest BCUT2D eigenvalue weighted by Gasteiger charge is -2.37. The Hall–Kier alpha value is -0.610. The van der Waals surface area contributed by atoms with Crippen LogP contribution in [0.4, 0.5) is 0 Å². The van der Waals surface area contributed by atoms with Gasteiger partial charge in [-0.2, -0.15) is 0 Å². The van der Waals surface area contributed by atoms with Crippen molar-refractivity contribution in [3.05, 3.63) is 34.9 Å². The zero-order valence-electron chi connectivity index (χ0n) is 16.6. The van der Waals surface area contributed by atoms with Gasteiger partial charge >= 0.3 is 0 Å². The molecule has 2 heterocycles. The Morgan fingerprint density at radius 2 is 2.18 bits per heavy atom. The lowest BCUT2D eigenvalue weighted by molar-refractivity contribution is -0.0817. The topological polar surface area (TPSA) is 55.3 Å². The van der Waals surface area contributed by atoms with Gasteiger partial charge in [0.05, 0.1) is 19.3 Å². The molecule has 0 amide bonds. The van der Waals surface area contributed by atoms with Gasteiger partial charge in [0.15, 0.2) is 5.96 Å². The van der Waals surface area contributed by atoms with Crippen molar-refractivity contribution < 1.29 is 14.2 Å². The second-order valence-corrected chi connectivity index (χ2v) is 7.32. The Bertz CT molecular complexity index is 628. The maximum atomic E-state index is 6.12. The second kappa shape index (κ2) is 12.2. The number of guanidine groups is 1. The van der Waals surface area contributed by atoms with Crippen molar-refractivity contribution in [2.45, 2.75) is 38.1 Å². The number of morpholine rings is 1. The molecule has 0 aliphatic carbocycles. The van der Waals surface area contributed by atoms with Crippen LogP contribution in [-0.4, -0.2) is 69.6 Å². The summed E-state index contributed by atoms with van der Waals surface area (Å²) in [5.41, 5.74) is 1.03. The first-order valence-electron chi connectivity index (χ1n) is 9.76. The van der Waals surface area contributed by atoms with Gasteiger partial charge in [0.1, 0.15) is 12.2 Å².